The average molecular weight is 336 g/mol. The Balaban J connectivity index is 2.89. The van der Waals surface area contributed by atoms with Crippen LogP contribution in [0.1, 0.15) is 5.01 Å². The van der Waals surface area contributed by atoms with Gasteiger partial charge in [0.15, 0.2) is 10.2 Å². The van der Waals surface area contributed by atoms with Crippen LogP contribution in [0.5, 0.6) is 0 Å². The van der Waals surface area contributed by atoms with Crippen LogP contribution < -0.4 is 0 Å². The third-order valence-electron chi connectivity index (χ3n) is 0.745. The van der Waals surface area contributed by atoms with Crippen molar-refractivity contribution in [2.75, 3.05) is 0 Å². The molecule has 1 aromatic rings. The van der Waals surface area contributed by atoms with Crippen LogP contribution in [0.3, 0.4) is 0 Å². The fourth-order valence-corrected chi connectivity index (χ4v) is 1.98. The Morgan fingerprint density at radius 3 is 2.73 bits per heavy atom. The Morgan fingerprint density at radius 2 is 2.27 bits per heavy atom. The summed E-state index contributed by atoms with van der Waals surface area (Å²) in [5.41, 5.74) is 0. The third kappa shape index (κ3) is 2.99. The van der Waals surface area contributed by atoms with Gasteiger partial charge in [0.25, 0.3) is 0 Å². The largest absolute Gasteiger partial charge is 0.214 e. The molecule has 0 spiro atoms. The van der Waals surface area contributed by atoms with E-state index in [0.717, 1.165) is 0 Å². The van der Waals surface area contributed by atoms with E-state index < -0.39 is 0 Å². The monoisotopic (exact) mass is 335 g/mol. The maximum absolute atomic E-state index is 5.66. The van der Waals surface area contributed by atoms with Gasteiger partial charge in [0.1, 0.15) is 4.34 Å². The molecule has 1 rings (SSSR count). The Morgan fingerprint density at radius 1 is 1.55 bits per heavy atom. The van der Waals surface area contributed by atoms with E-state index in [1.807, 2.05) is 0 Å². The van der Waals surface area contributed by atoms with Crippen LogP contribution in [0, 0.1) is 11.2 Å². The van der Waals surface area contributed by atoms with Crippen molar-refractivity contribution in [1.82, 2.24) is 4.98 Å². The van der Waals surface area contributed by atoms with Gasteiger partial charge in [0.05, 0.1) is 0 Å². The molecular weight excluding hydrogens is 336 g/mol. The zero-order chi connectivity index (χ0) is 8.27. The number of nitrogens with zero attached hydrogens (tertiary/aromatic N) is 1. The molecule has 0 aromatic carbocycles. The Hall–Kier alpha value is 0.850. The molecule has 0 saturated carbocycles. The maximum atomic E-state index is 5.66. The highest BCUT2D eigenvalue weighted by atomic mass is 127. The van der Waals surface area contributed by atoms with Crippen LogP contribution >= 0.6 is 64.7 Å². The van der Waals surface area contributed by atoms with Gasteiger partial charge >= 0.3 is 0 Å². The summed E-state index contributed by atoms with van der Waals surface area (Å²) in [5, 5.41) is 3.78. The van der Waals surface area contributed by atoms with E-state index in [1.165, 1.54) is 20.3 Å². The highest BCUT2D eigenvalue weighted by Crippen LogP contribution is 2.27. The summed E-state index contributed by atoms with van der Waals surface area (Å²) in [5.74, 6) is 2.80. The van der Waals surface area contributed by atoms with E-state index in [9.17, 15) is 0 Å². The highest BCUT2D eigenvalue weighted by molar-refractivity contribution is 14.2. The third-order valence-corrected chi connectivity index (χ3v) is 3.24. The van der Waals surface area contributed by atoms with E-state index in [-0.39, 0.29) is 0 Å². The van der Waals surface area contributed by atoms with Crippen molar-refractivity contribution < 1.29 is 0 Å². The van der Waals surface area contributed by atoms with Gasteiger partial charge < -0.3 is 0 Å². The van der Waals surface area contributed by atoms with Gasteiger partial charge in [-0.1, -0.05) is 34.5 Å². The van der Waals surface area contributed by atoms with Crippen LogP contribution in [0.4, 0.5) is 0 Å². The number of rotatable bonds is 0. The van der Waals surface area contributed by atoms with E-state index in [1.54, 1.807) is 0 Å². The van der Waals surface area contributed by atoms with Gasteiger partial charge in [-0.2, -0.15) is 0 Å². The standard InChI is InChI=1S/C5Cl2INS2/c6-4-5(7)11-3(9-4)1-2-10-8. The number of hydrogen-bond donors (Lipinski definition) is 0. The quantitative estimate of drug-likeness (QED) is 0.527. The smallest absolute Gasteiger partial charge is 0.170 e. The molecule has 1 heterocycles. The molecule has 0 radical (unpaired) electrons. The van der Waals surface area contributed by atoms with Gasteiger partial charge in [-0.05, 0) is 20.1 Å². The molecule has 0 atom stereocenters. The Kier molecular flexibility index (Phi) is 4.31. The highest BCUT2D eigenvalue weighted by Gasteiger charge is 2.03. The van der Waals surface area contributed by atoms with Crippen molar-refractivity contribution in [3.8, 4) is 11.2 Å². The first kappa shape index (κ1) is 9.93. The molecule has 6 heteroatoms. The van der Waals surface area contributed by atoms with Crippen molar-refractivity contribution in [3.63, 3.8) is 0 Å². The first-order chi connectivity index (χ1) is 5.24. The van der Waals surface area contributed by atoms with Crippen molar-refractivity contribution >= 4 is 64.7 Å². The summed E-state index contributed by atoms with van der Waals surface area (Å²) >= 11 is 14.6. The number of aromatic nitrogens is 1. The van der Waals surface area contributed by atoms with E-state index in [2.05, 4.69) is 37.4 Å². The summed E-state index contributed by atoms with van der Waals surface area (Å²) < 4.78 is 0.495. The SMILES string of the molecule is Clc1nc(C#CSI)sc1Cl. The van der Waals surface area contributed by atoms with Crippen molar-refractivity contribution in [3.05, 3.63) is 14.5 Å². The van der Waals surface area contributed by atoms with E-state index >= 15 is 0 Å². The fraction of sp³-hybridized carbons (Fsp3) is 0. The molecule has 1 nitrogen and oxygen atoms in total. The molecular formula is C5Cl2INS2. The molecule has 11 heavy (non-hydrogen) atoms. The van der Waals surface area contributed by atoms with Crippen molar-refractivity contribution in [2.45, 2.75) is 0 Å². The average Bonchev–Trinajstić information content (AvgIpc) is 2.28. The first-order valence-electron chi connectivity index (χ1n) is 2.34. The molecule has 0 bridgehead atoms. The van der Waals surface area contributed by atoms with Gasteiger partial charge in [-0.3, -0.25) is 0 Å². The van der Waals surface area contributed by atoms with Crippen LogP contribution in [0.25, 0.3) is 0 Å². The molecule has 1 aromatic heterocycles. The zero-order valence-corrected chi connectivity index (χ0v) is 10.2. The summed E-state index contributed by atoms with van der Waals surface area (Å²) in [6.45, 7) is 0. The lowest BCUT2D eigenvalue weighted by molar-refractivity contribution is 1.39. The summed E-state index contributed by atoms with van der Waals surface area (Å²) in [4.78, 5) is 3.91. The lowest BCUT2D eigenvalue weighted by atomic mass is 10.7. The second kappa shape index (κ2) is 4.77. The predicted molar refractivity (Wildman–Crippen MR) is 60.6 cm³/mol. The zero-order valence-electron chi connectivity index (χ0n) is 4.90. The number of hydrogen-bond acceptors (Lipinski definition) is 3. The topological polar surface area (TPSA) is 12.9 Å². The second-order valence-electron chi connectivity index (χ2n) is 1.39. The van der Waals surface area contributed by atoms with Crippen molar-refractivity contribution in [2.24, 2.45) is 0 Å². The normalized spacial score (nSPS) is 9.00. The van der Waals surface area contributed by atoms with E-state index in [4.69, 9.17) is 23.2 Å². The minimum atomic E-state index is 0.333. The molecule has 0 unspecified atom stereocenters. The summed E-state index contributed by atoms with van der Waals surface area (Å²) in [6, 6.07) is 0. The molecule has 0 aliphatic carbocycles. The van der Waals surface area contributed by atoms with Crippen LogP contribution in [-0.2, 0) is 0 Å². The van der Waals surface area contributed by atoms with Gasteiger partial charge in [0, 0.05) is 21.2 Å². The van der Waals surface area contributed by atoms with E-state index in [0.29, 0.717) is 14.5 Å². The predicted octanol–water partition coefficient (Wildman–Crippen LogP) is 3.84. The van der Waals surface area contributed by atoms with Crippen LogP contribution in [-0.4, -0.2) is 4.98 Å². The van der Waals surface area contributed by atoms with Gasteiger partial charge in [-0.25, -0.2) is 4.98 Å². The molecule has 0 saturated heterocycles. The molecule has 0 N–H and O–H groups in total. The fourth-order valence-electron chi connectivity index (χ4n) is 0.399. The molecule has 0 amide bonds. The minimum absolute atomic E-state index is 0.333. The summed E-state index contributed by atoms with van der Waals surface area (Å²) in [6.07, 6.45) is 0. The number of thiazole rings is 1. The number of halogens is 3. The lowest BCUT2D eigenvalue weighted by Crippen LogP contribution is -1.66. The maximum Gasteiger partial charge on any atom is 0.170 e. The van der Waals surface area contributed by atoms with Crippen LogP contribution in [0.2, 0.25) is 9.49 Å². The van der Waals surface area contributed by atoms with Gasteiger partial charge in [-0.15, -0.1) is 0 Å². The molecule has 0 aliphatic heterocycles. The minimum Gasteiger partial charge on any atom is -0.214 e. The summed E-state index contributed by atoms with van der Waals surface area (Å²) in [7, 11) is 1.40. The molecule has 58 valence electrons. The van der Waals surface area contributed by atoms with Gasteiger partial charge in [0.2, 0.25) is 0 Å². The molecule has 0 aliphatic rings. The van der Waals surface area contributed by atoms with Crippen molar-refractivity contribution in [1.29, 1.82) is 0 Å². The Labute approximate surface area is 94.5 Å². The molecule has 0 fully saturated rings. The second-order valence-corrected chi connectivity index (χ2v) is 5.03. The first-order valence-corrected chi connectivity index (χ1v) is 7.27. The Bertz CT molecular complexity index is 295. The van der Waals surface area contributed by atoms with Crippen LogP contribution in [0.15, 0.2) is 0 Å². The lowest BCUT2D eigenvalue weighted by Gasteiger charge is -1.72.